The lowest BCUT2D eigenvalue weighted by Gasteiger charge is -2.18. The molecule has 2 aromatic rings. The summed E-state index contributed by atoms with van der Waals surface area (Å²) in [4.78, 5) is 10.6. The molecule has 1 aromatic carbocycles. The molecule has 118 valence electrons. The first-order chi connectivity index (χ1) is 10.5. The van der Waals surface area contributed by atoms with E-state index in [4.69, 9.17) is 9.52 Å². The summed E-state index contributed by atoms with van der Waals surface area (Å²) in [7, 11) is 0. The summed E-state index contributed by atoms with van der Waals surface area (Å²) in [6.45, 7) is 1.61. The van der Waals surface area contributed by atoms with Gasteiger partial charge >= 0.3 is 0 Å². The molecule has 0 radical (unpaired) electrons. The molecule has 0 spiro atoms. The highest BCUT2D eigenvalue weighted by molar-refractivity contribution is 5.63. The van der Waals surface area contributed by atoms with Gasteiger partial charge in [0.25, 0.3) is 5.69 Å². The molecule has 3 N–H and O–H groups in total. The molecule has 2 rings (SSSR count). The zero-order chi connectivity index (χ0) is 16.1. The lowest BCUT2D eigenvalue weighted by atomic mass is 10.1. The number of aliphatic hydroxyl groups excluding tert-OH is 2. The van der Waals surface area contributed by atoms with Gasteiger partial charge in [0, 0.05) is 18.5 Å². The van der Waals surface area contributed by atoms with Crippen molar-refractivity contribution in [1.29, 1.82) is 0 Å². The molecule has 1 heterocycles. The van der Waals surface area contributed by atoms with Gasteiger partial charge in [0.05, 0.1) is 17.8 Å². The SMILES string of the molecule is CC(CC(O)c1ccco1)Nc1cc(CO)ccc1[N+](=O)[O-]. The van der Waals surface area contributed by atoms with Crippen molar-refractivity contribution < 1.29 is 19.6 Å². The molecule has 0 aliphatic rings. The van der Waals surface area contributed by atoms with Crippen molar-refractivity contribution in [3.05, 3.63) is 58.0 Å². The van der Waals surface area contributed by atoms with Crippen molar-refractivity contribution in [1.82, 2.24) is 0 Å². The van der Waals surface area contributed by atoms with Crippen LogP contribution in [-0.4, -0.2) is 21.2 Å². The fourth-order valence-corrected chi connectivity index (χ4v) is 2.21. The molecule has 0 aliphatic heterocycles. The van der Waals surface area contributed by atoms with E-state index in [0.29, 0.717) is 23.4 Å². The van der Waals surface area contributed by atoms with Crippen LogP contribution in [0.3, 0.4) is 0 Å². The van der Waals surface area contributed by atoms with E-state index in [2.05, 4.69) is 5.32 Å². The Bertz CT molecular complexity index is 627. The number of benzene rings is 1. The number of nitro benzene ring substituents is 1. The summed E-state index contributed by atoms with van der Waals surface area (Å²) in [5.41, 5.74) is 0.819. The molecule has 7 heteroatoms. The molecule has 1 aromatic heterocycles. The number of nitrogens with one attached hydrogen (secondary N) is 1. The van der Waals surface area contributed by atoms with Crippen molar-refractivity contribution >= 4 is 11.4 Å². The van der Waals surface area contributed by atoms with Crippen molar-refractivity contribution in [3.63, 3.8) is 0 Å². The van der Waals surface area contributed by atoms with Crippen LogP contribution in [0, 0.1) is 10.1 Å². The Morgan fingerprint density at radius 3 is 2.77 bits per heavy atom. The first-order valence-electron chi connectivity index (χ1n) is 6.87. The van der Waals surface area contributed by atoms with Gasteiger partial charge in [0.15, 0.2) is 0 Å². The van der Waals surface area contributed by atoms with E-state index in [0.717, 1.165) is 0 Å². The smallest absolute Gasteiger partial charge is 0.292 e. The third-order valence-electron chi connectivity index (χ3n) is 3.29. The van der Waals surface area contributed by atoms with Gasteiger partial charge in [-0.15, -0.1) is 0 Å². The lowest BCUT2D eigenvalue weighted by Crippen LogP contribution is -2.19. The predicted octanol–water partition coefficient (Wildman–Crippen LogP) is 2.60. The minimum Gasteiger partial charge on any atom is -0.467 e. The quantitative estimate of drug-likeness (QED) is 0.536. The molecule has 0 saturated carbocycles. The van der Waals surface area contributed by atoms with Crippen LogP contribution in [0.15, 0.2) is 41.0 Å². The first-order valence-corrected chi connectivity index (χ1v) is 6.87. The van der Waals surface area contributed by atoms with E-state index in [1.807, 2.05) is 6.92 Å². The maximum Gasteiger partial charge on any atom is 0.292 e. The zero-order valence-electron chi connectivity index (χ0n) is 12.1. The highest BCUT2D eigenvalue weighted by atomic mass is 16.6. The average Bonchev–Trinajstić information content (AvgIpc) is 3.00. The topological polar surface area (TPSA) is 109 Å². The summed E-state index contributed by atoms with van der Waals surface area (Å²) in [5.74, 6) is 0.451. The number of hydrogen-bond acceptors (Lipinski definition) is 6. The summed E-state index contributed by atoms with van der Waals surface area (Å²) in [6.07, 6.45) is 1.01. The number of aliphatic hydroxyl groups is 2. The maximum absolute atomic E-state index is 11.1. The van der Waals surface area contributed by atoms with E-state index >= 15 is 0 Å². The number of nitrogens with zero attached hydrogens (tertiary/aromatic N) is 1. The van der Waals surface area contributed by atoms with E-state index in [1.165, 1.54) is 24.5 Å². The van der Waals surface area contributed by atoms with Gasteiger partial charge in [-0.25, -0.2) is 0 Å². The molecule has 2 atom stereocenters. The normalized spacial score (nSPS) is 13.6. The second-order valence-corrected chi connectivity index (χ2v) is 5.08. The Labute approximate surface area is 127 Å². The number of anilines is 1. The van der Waals surface area contributed by atoms with Gasteiger partial charge < -0.3 is 19.9 Å². The van der Waals surface area contributed by atoms with Gasteiger partial charge in [0.2, 0.25) is 0 Å². The van der Waals surface area contributed by atoms with Crippen molar-refractivity contribution in [2.45, 2.75) is 32.1 Å². The molecule has 0 saturated heterocycles. The van der Waals surface area contributed by atoms with Crippen LogP contribution in [0.5, 0.6) is 0 Å². The van der Waals surface area contributed by atoms with Crippen LogP contribution in [0.4, 0.5) is 11.4 Å². The number of nitro groups is 1. The standard InChI is InChI=1S/C15H18N2O5/c1-10(7-14(19)15-3-2-6-22-15)16-12-8-11(9-18)4-5-13(12)17(20)21/h2-6,8,10,14,16,18-19H,7,9H2,1H3. The largest absolute Gasteiger partial charge is 0.467 e. The van der Waals surface area contributed by atoms with Crippen LogP contribution >= 0.6 is 0 Å². The average molecular weight is 306 g/mol. The summed E-state index contributed by atoms with van der Waals surface area (Å²) in [5, 5.41) is 33.2. The van der Waals surface area contributed by atoms with E-state index in [-0.39, 0.29) is 18.3 Å². The van der Waals surface area contributed by atoms with Gasteiger partial charge in [-0.3, -0.25) is 10.1 Å². The van der Waals surface area contributed by atoms with E-state index < -0.39 is 11.0 Å². The van der Waals surface area contributed by atoms with Gasteiger partial charge in [-0.2, -0.15) is 0 Å². The lowest BCUT2D eigenvalue weighted by molar-refractivity contribution is -0.384. The second kappa shape index (κ2) is 7.06. The molecular formula is C15H18N2O5. The predicted molar refractivity (Wildman–Crippen MR) is 80.4 cm³/mol. The van der Waals surface area contributed by atoms with Crippen LogP contribution in [0.25, 0.3) is 0 Å². The third kappa shape index (κ3) is 3.84. The Balaban J connectivity index is 2.10. The van der Waals surface area contributed by atoms with E-state index in [1.54, 1.807) is 12.1 Å². The second-order valence-electron chi connectivity index (χ2n) is 5.08. The number of furan rings is 1. The van der Waals surface area contributed by atoms with Gasteiger partial charge in [-0.05, 0) is 36.8 Å². The minimum absolute atomic E-state index is 0.0726. The maximum atomic E-state index is 11.1. The number of hydrogen-bond donors (Lipinski definition) is 3. The summed E-state index contributed by atoms with van der Waals surface area (Å²) in [6, 6.07) is 7.52. The summed E-state index contributed by atoms with van der Waals surface area (Å²) >= 11 is 0. The van der Waals surface area contributed by atoms with Gasteiger partial charge in [0.1, 0.15) is 17.6 Å². The Morgan fingerprint density at radius 1 is 1.41 bits per heavy atom. The molecule has 22 heavy (non-hydrogen) atoms. The highest BCUT2D eigenvalue weighted by Gasteiger charge is 2.19. The van der Waals surface area contributed by atoms with Crippen LogP contribution in [0.1, 0.15) is 30.8 Å². The summed E-state index contributed by atoms with van der Waals surface area (Å²) < 4.78 is 5.13. The fourth-order valence-electron chi connectivity index (χ4n) is 2.21. The van der Waals surface area contributed by atoms with Crippen LogP contribution < -0.4 is 5.32 Å². The molecule has 0 bridgehead atoms. The first kappa shape index (κ1) is 16.0. The number of rotatable bonds is 7. The minimum atomic E-state index is -0.794. The fraction of sp³-hybridized carbons (Fsp3) is 0.333. The monoisotopic (exact) mass is 306 g/mol. The van der Waals surface area contributed by atoms with Crippen molar-refractivity contribution in [2.24, 2.45) is 0 Å². The van der Waals surface area contributed by atoms with Crippen LogP contribution in [-0.2, 0) is 6.61 Å². The van der Waals surface area contributed by atoms with Gasteiger partial charge in [-0.1, -0.05) is 0 Å². The Kier molecular flexibility index (Phi) is 5.13. The molecule has 0 amide bonds. The molecular weight excluding hydrogens is 288 g/mol. The molecule has 0 fully saturated rings. The van der Waals surface area contributed by atoms with Crippen molar-refractivity contribution in [3.8, 4) is 0 Å². The highest BCUT2D eigenvalue weighted by Crippen LogP contribution is 2.28. The van der Waals surface area contributed by atoms with E-state index in [9.17, 15) is 15.2 Å². The van der Waals surface area contributed by atoms with Crippen molar-refractivity contribution in [2.75, 3.05) is 5.32 Å². The Morgan fingerprint density at radius 2 is 2.18 bits per heavy atom. The third-order valence-corrected chi connectivity index (χ3v) is 3.29. The zero-order valence-corrected chi connectivity index (χ0v) is 12.1. The Hall–Kier alpha value is -2.38. The molecule has 0 aliphatic carbocycles. The van der Waals surface area contributed by atoms with Crippen LogP contribution in [0.2, 0.25) is 0 Å². The molecule has 7 nitrogen and oxygen atoms in total. The molecule has 2 unspecified atom stereocenters.